The van der Waals surface area contributed by atoms with E-state index in [2.05, 4.69) is 22.6 Å². The van der Waals surface area contributed by atoms with Gasteiger partial charge in [0.25, 0.3) is 0 Å². The van der Waals surface area contributed by atoms with Crippen LogP contribution in [-0.4, -0.2) is 24.1 Å². The van der Waals surface area contributed by atoms with Gasteiger partial charge < -0.3 is 0 Å². The molecule has 2 aliphatic heterocycles. The van der Waals surface area contributed by atoms with Gasteiger partial charge in [-0.05, 0) is 49.7 Å². The zero-order valence-electron chi connectivity index (χ0n) is 11.4. The van der Waals surface area contributed by atoms with E-state index in [9.17, 15) is 0 Å². The van der Waals surface area contributed by atoms with Crippen molar-refractivity contribution in [1.82, 2.24) is 10.4 Å². The molecule has 104 valence electrons. The Balaban J connectivity index is 1.74. The van der Waals surface area contributed by atoms with Crippen LogP contribution in [0.1, 0.15) is 37.7 Å². The first kappa shape index (κ1) is 13.4. The molecule has 2 saturated heterocycles. The molecule has 1 aromatic rings. The Bertz CT molecular complexity index is 421. The Hall–Kier alpha value is -0.570. The van der Waals surface area contributed by atoms with E-state index in [4.69, 9.17) is 11.6 Å². The van der Waals surface area contributed by atoms with Crippen LogP contribution in [0.2, 0.25) is 5.02 Å². The largest absolute Gasteiger partial charge is 0.255 e. The second-order valence-electron chi connectivity index (χ2n) is 5.86. The number of nitrogens with one attached hydrogen (secondary N) is 1. The maximum absolute atomic E-state index is 6.32. The fraction of sp³-hybridized carbons (Fsp3) is 0.625. The third-order valence-corrected chi connectivity index (χ3v) is 4.97. The van der Waals surface area contributed by atoms with Gasteiger partial charge in [0.1, 0.15) is 0 Å². The number of hydrazine groups is 1. The third kappa shape index (κ3) is 3.13. The molecule has 2 nitrogen and oxygen atoms in total. The van der Waals surface area contributed by atoms with Gasteiger partial charge in [-0.2, -0.15) is 0 Å². The van der Waals surface area contributed by atoms with Crippen molar-refractivity contribution in [3.05, 3.63) is 34.9 Å². The fourth-order valence-electron chi connectivity index (χ4n) is 3.61. The minimum absolute atomic E-state index is 0.701. The van der Waals surface area contributed by atoms with Crippen LogP contribution in [0.15, 0.2) is 24.3 Å². The van der Waals surface area contributed by atoms with Crippen molar-refractivity contribution in [2.24, 2.45) is 5.92 Å². The summed E-state index contributed by atoms with van der Waals surface area (Å²) in [6.45, 7) is 2.36. The Morgan fingerprint density at radius 1 is 1.16 bits per heavy atom. The highest BCUT2D eigenvalue weighted by Gasteiger charge is 2.32. The minimum Gasteiger partial charge on any atom is -0.255 e. The fourth-order valence-corrected chi connectivity index (χ4v) is 3.82. The highest BCUT2D eigenvalue weighted by atomic mass is 35.5. The van der Waals surface area contributed by atoms with E-state index in [0.29, 0.717) is 6.04 Å². The molecule has 3 heteroatoms. The second-order valence-corrected chi connectivity index (χ2v) is 6.27. The number of benzene rings is 1. The summed E-state index contributed by atoms with van der Waals surface area (Å²) >= 11 is 6.32. The van der Waals surface area contributed by atoms with Gasteiger partial charge in [0.2, 0.25) is 0 Å². The zero-order valence-corrected chi connectivity index (χ0v) is 12.2. The van der Waals surface area contributed by atoms with Gasteiger partial charge in [0.05, 0.1) is 0 Å². The Morgan fingerprint density at radius 2 is 2.05 bits per heavy atom. The lowest BCUT2D eigenvalue weighted by Crippen LogP contribution is -2.51. The SMILES string of the molecule is Clc1ccccc1CC1CCCN2NCCCCC12. The third-order valence-electron chi connectivity index (χ3n) is 4.60. The summed E-state index contributed by atoms with van der Waals surface area (Å²) in [5, 5.41) is 3.44. The lowest BCUT2D eigenvalue weighted by Gasteiger charge is -2.40. The van der Waals surface area contributed by atoms with E-state index < -0.39 is 0 Å². The second kappa shape index (κ2) is 6.25. The summed E-state index contributed by atoms with van der Waals surface area (Å²) in [5.41, 5.74) is 4.93. The normalized spacial score (nSPS) is 28.7. The zero-order chi connectivity index (χ0) is 13.1. The molecule has 0 saturated carbocycles. The Morgan fingerprint density at radius 3 is 2.95 bits per heavy atom. The average Bonchev–Trinajstić information content (AvgIpc) is 2.67. The molecule has 0 radical (unpaired) electrons. The van der Waals surface area contributed by atoms with Crippen molar-refractivity contribution < 1.29 is 0 Å². The van der Waals surface area contributed by atoms with Crippen LogP contribution in [0, 0.1) is 5.92 Å². The summed E-state index contributed by atoms with van der Waals surface area (Å²) in [6.07, 6.45) is 7.77. The number of piperidine rings is 1. The molecule has 19 heavy (non-hydrogen) atoms. The molecule has 1 N–H and O–H groups in total. The highest BCUT2D eigenvalue weighted by Crippen LogP contribution is 2.31. The van der Waals surface area contributed by atoms with Crippen molar-refractivity contribution in [2.75, 3.05) is 13.1 Å². The number of nitrogens with zero attached hydrogens (tertiary/aromatic N) is 1. The predicted molar refractivity (Wildman–Crippen MR) is 80.2 cm³/mol. The van der Waals surface area contributed by atoms with Crippen LogP contribution in [0.3, 0.4) is 0 Å². The minimum atomic E-state index is 0.701. The van der Waals surface area contributed by atoms with Crippen LogP contribution in [0.5, 0.6) is 0 Å². The van der Waals surface area contributed by atoms with Crippen molar-refractivity contribution in [3.8, 4) is 0 Å². The summed E-state index contributed by atoms with van der Waals surface area (Å²) < 4.78 is 0. The molecule has 0 bridgehead atoms. The van der Waals surface area contributed by atoms with Gasteiger partial charge in [-0.3, -0.25) is 5.43 Å². The van der Waals surface area contributed by atoms with Gasteiger partial charge in [-0.1, -0.05) is 36.2 Å². The standard InChI is InChI=1S/C16H23ClN2/c17-15-8-2-1-6-13(15)12-14-7-5-11-19-16(14)9-3-4-10-18-19/h1-2,6,8,14,16,18H,3-5,7,9-12H2. The lowest BCUT2D eigenvalue weighted by molar-refractivity contribution is 0.0486. The Kier molecular flexibility index (Phi) is 4.42. The quantitative estimate of drug-likeness (QED) is 0.888. The van der Waals surface area contributed by atoms with E-state index in [1.165, 1.54) is 44.2 Å². The van der Waals surface area contributed by atoms with E-state index in [1.807, 2.05) is 12.1 Å². The average molecular weight is 279 g/mol. The summed E-state index contributed by atoms with van der Waals surface area (Å²) in [4.78, 5) is 0. The molecule has 3 rings (SSSR count). The number of hydrogen-bond acceptors (Lipinski definition) is 2. The molecule has 0 aromatic heterocycles. The van der Waals surface area contributed by atoms with Gasteiger partial charge in [0, 0.05) is 24.2 Å². The molecule has 2 unspecified atom stereocenters. The van der Waals surface area contributed by atoms with Crippen molar-refractivity contribution in [3.63, 3.8) is 0 Å². The van der Waals surface area contributed by atoms with Gasteiger partial charge in [-0.15, -0.1) is 0 Å². The summed E-state index contributed by atoms with van der Waals surface area (Å²) in [5.74, 6) is 0.749. The van der Waals surface area contributed by atoms with Crippen LogP contribution in [0.4, 0.5) is 0 Å². The first-order valence-corrected chi connectivity index (χ1v) is 7.96. The number of fused-ring (bicyclic) bond motifs is 1. The molecule has 2 fully saturated rings. The number of halogens is 1. The molecule has 1 aromatic carbocycles. The predicted octanol–water partition coefficient (Wildman–Crippen LogP) is 3.65. The molecule has 2 atom stereocenters. The van der Waals surface area contributed by atoms with E-state index in [-0.39, 0.29) is 0 Å². The van der Waals surface area contributed by atoms with Gasteiger partial charge in [-0.25, -0.2) is 5.01 Å². The van der Waals surface area contributed by atoms with Gasteiger partial charge >= 0.3 is 0 Å². The van der Waals surface area contributed by atoms with Crippen molar-refractivity contribution in [1.29, 1.82) is 0 Å². The maximum atomic E-state index is 6.32. The van der Waals surface area contributed by atoms with Crippen LogP contribution in [-0.2, 0) is 6.42 Å². The smallest absolute Gasteiger partial charge is 0.0438 e. The van der Waals surface area contributed by atoms with Crippen LogP contribution in [0.25, 0.3) is 0 Å². The summed E-state index contributed by atoms with van der Waals surface area (Å²) in [6, 6.07) is 9.03. The molecular weight excluding hydrogens is 256 g/mol. The number of rotatable bonds is 2. The molecular formula is C16H23ClN2. The van der Waals surface area contributed by atoms with Crippen molar-refractivity contribution in [2.45, 2.75) is 44.6 Å². The van der Waals surface area contributed by atoms with Crippen LogP contribution >= 0.6 is 11.6 Å². The Labute approximate surface area is 121 Å². The highest BCUT2D eigenvalue weighted by molar-refractivity contribution is 6.31. The molecule has 0 amide bonds. The first-order valence-electron chi connectivity index (χ1n) is 7.58. The molecule has 2 aliphatic rings. The lowest BCUT2D eigenvalue weighted by atomic mass is 9.83. The molecule has 0 aliphatic carbocycles. The number of hydrogen-bond donors (Lipinski definition) is 1. The van der Waals surface area contributed by atoms with Crippen molar-refractivity contribution >= 4 is 11.6 Å². The molecule has 0 spiro atoms. The van der Waals surface area contributed by atoms with Gasteiger partial charge in [0.15, 0.2) is 0 Å². The van der Waals surface area contributed by atoms with Crippen LogP contribution < -0.4 is 5.43 Å². The summed E-state index contributed by atoms with van der Waals surface area (Å²) in [7, 11) is 0. The van der Waals surface area contributed by atoms with E-state index >= 15 is 0 Å². The maximum Gasteiger partial charge on any atom is 0.0438 e. The monoisotopic (exact) mass is 278 g/mol. The van der Waals surface area contributed by atoms with E-state index in [0.717, 1.165) is 23.9 Å². The first-order chi connectivity index (χ1) is 9.34. The molecule has 2 heterocycles. The topological polar surface area (TPSA) is 15.3 Å². The van der Waals surface area contributed by atoms with E-state index in [1.54, 1.807) is 0 Å².